The molecule has 0 fully saturated rings. The average molecular weight is 418 g/mol. The fourth-order valence-corrected chi connectivity index (χ4v) is 3.66. The fourth-order valence-electron chi connectivity index (χ4n) is 3.66. The molecule has 162 valence electrons. The summed E-state index contributed by atoms with van der Waals surface area (Å²) in [5.74, 6) is 0.734. The van der Waals surface area contributed by atoms with Gasteiger partial charge >= 0.3 is 0 Å². The topological polar surface area (TPSA) is 36.0 Å². The molecule has 0 N–H and O–H groups in total. The molecule has 0 radical (unpaired) electrons. The Morgan fingerprint density at radius 2 is 1.06 bits per heavy atom. The Kier molecular flexibility index (Phi) is 6.85. The number of anilines is 3. The van der Waals surface area contributed by atoms with Gasteiger partial charge in [-0.25, -0.2) is 0 Å². The van der Waals surface area contributed by atoms with E-state index < -0.39 is 0 Å². The number of ether oxygens (including phenoxy) is 1. The maximum absolute atomic E-state index is 12.9. The third-order valence-electron chi connectivity index (χ3n) is 5.40. The highest BCUT2D eigenvalue weighted by Gasteiger charge is 2.26. The van der Waals surface area contributed by atoms with Crippen molar-refractivity contribution in [1.29, 1.82) is 0 Å². The van der Waals surface area contributed by atoms with Crippen LogP contribution >= 0.6 is 0 Å². The first kappa shape index (κ1) is 22.2. The second-order valence-corrected chi connectivity index (χ2v) is 7.96. The molecule has 0 aliphatic rings. The Labute approximate surface area is 185 Å². The summed E-state index contributed by atoms with van der Waals surface area (Å²) in [5.41, 5.74) is 5.16. The van der Waals surface area contributed by atoms with Crippen molar-refractivity contribution in [3.8, 4) is 5.75 Å². The van der Waals surface area contributed by atoms with Crippen LogP contribution in [0.15, 0.2) is 72.8 Å². The van der Waals surface area contributed by atoms with Gasteiger partial charge in [0.05, 0.1) is 13.2 Å². The summed E-state index contributed by atoms with van der Waals surface area (Å²) >= 11 is 0. The summed E-state index contributed by atoms with van der Waals surface area (Å²) in [6, 6.07) is 24.1. The van der Waals surface area contributed by atoms with Crippen molar-refractivity contribution < 1.29 is 9.53 Å². The van der Waals surface area contributed by atoms with Crippen LogP contribution in [-0.4, -0.2) is 41.2 Å². The number of carbonyl (C=O) groups excluding carboxylic acids is 1. The molecular formula is C26H31N3O2. The minimum atomic E-state index is -0.252. The summed E-state index contributed by atoms with van der Waals surface area (Å²) in [6.07, 6.45) is 0. The predicted molar refractivity (Wildman–Crippen MR) is 130 cm³/mol. The zero-order valence-electron chi connectivity index (χ0n) is 19.2. The highest BCUT2D eigenvalue weighted by Crippen LogP contribution is 2.35. The van der Waals surface area contributed by atoms with Crippen LogP contribution in [0, 0.1) is 0 Å². The highest BCUT2D eigenvalue weighted by molar-refractivity contribution is 5.93. The van der Waals surface area contributed by atoms with Gasteiger partial charge in [0.2, 0.25) is 5.91 Å². The van der Waals surface area contributed by atoms with Crippen LogP contribution in [0.5, 0.6) is 5.75 Å². The van der Waals surface area contributed by atoms with Crippen LogP contribution in [0.1, 0.15) is 24.1 Å². The maximum Gasteiger partial charge on any atom is 0.224 e. The molecule has 0 spiro atoms. The molecule has 5 nitrogen and oxygen atoms in total. The number of hydrogen-bond acceptors (Lipinski definition) is 4. The third kappa shape index (κ3) is 5.00. The van der Waals surface area contributed by atoms with Gasteiger partial charge in [-0.2, -0.15) is 0 Å². The van der Waals surface area contributed by atoms with Crippen molar-refractivity contribution >= 4 is 23.0 Å². The lowest BCUT2D eigenvalue weighted by Crippen LogP contribution is -2.34. The number of carbonyl (C=O) groups is 1. The van der Waals surface area contributed by atoms with E-state index in [1.807, 2.05) is 57.4 Å². The van der Waals surface area contributed by atoms with Gasteiger partial charge < -0.3 is 19.4 Å². The predicted octanol–water partition coefficient (Wildman–Crippen LogP) is 4.97. The summed E-state index contributed by atoms with van der Waals surface area (Å²) in [6.45, 7) is 1.61. The van der Waals surface area contributed by atoms with Crippen LogP contribution in [0.2, 0.25) is 0 Å². The molecule has 0 aliphatic heterocycles. The Bertz CT molecular complexity index is 943. The van der Waals surface area contributed by atoms with Gasteiger partial charge in [-0.1, -0.05) is 24.3 Å². The van der Waals surface area contributed by atoms with Crippen molar-refractivity contribution in [2.24, 2.45) is 0 Å². The second-order valence-electron chi connectivity index (χ2n) is 7.96. The van der Waals surface area contributed by atoms with E-state index >= 15 is 0 Å². The molecule has 0 saturated carbocycles. The summed E-state index contributed by atoms with van der Waals surface area (Å²) < 4.78 is 5.30. The monoisotopic (exact) mass is 417 g/mol. The lowest BCUT2D eigenvalue weighted by molar-refractivity contribution is -0.116. The minimum Gasteiger partial charge on any atom is -0.497 e. The molecule has 3 aromatic rings. The van der Waals surface area contributed by atoms with Gasteiger partial charge in [0, 0.05) is 52.2 Å². The van der Waals surface area contributed by atoms with E-state index in [1.54, 1.807) is 14.0 Å². The second kappa shape index (κ2) is 9.56. The van der Waals surface area contributed by atoms with Crippen LogP contribution in [0.4, 0.5) is 17.1 Å². The number of benzene rings is 3. The Morgan fingerprint density at radius 1 is 0.677 bits per heavy atom. The Balaban J connectivity index is 2.12. The van der Waals surface area contributed by atoms with E-state index in [0.29, 0.717) is 0 Å². The fraction of sp³-hybridized carbons (Fsp3) is 0.269. The van der Waals surface area contributed by atoms with Crippen molar-refractivity contribution in [3.63, 3.8) is 0 Å². The zero-order chi connectivity index (χ0) is 22.5. The third-order valence-corrected chi connectivity index (χ3v) is 5.40. The van der Waals surface area contributed by atoms with Crippen LogP contribution in [-0.2, 0) is 4.79 Å². The molecule has 3 rings (SSSR count). The summed E-state index contributed by atoms with van der Waals surface area (Å²) in [5, 5.41) is 0. The number of methoxy groups -OCH3 is 1. The molecule has 31 heavy (non-hydrogen) atoms. The van der Waals surface area contributed by atoms with Gasteiger partial charge in [0.1, 0.15) is 5.75 Å². The SMILES string of the molecule is COc1ccc(N(C(C)=O)C(c2ccc(N(C)C)cc2)c2ccc(N(C)C)cc2)cc1. The van der Waals surface area contributed by atoms with E-state index in [0.717, 1.165) is 33.9 Å². The molecule has 1 amide bonds. The van der Waals surface area contributed by atoms with Gasteiger partial charge in [0.15, 0.2) is 0 Å². The Hall–Kier alpha value is -3.47. The molecular weight excluding hydrogens is 386 g/mol. The van der Waals surface area contributed by atoms with Gasteiger partial charge in [-0.15, -0.1) is 0 Å². The van der Waals surface area contributed by atoms with E-state index in [9.17, 15) is 4.79 Å². The number of rotatable bonds is 7. The molecule has 0 saturated heterocycles. The van der Waals surface area contributed by atoms with Crippen LogP contribution in [0.25, 0.3) is 0 Å². The molecule has 0 bridgehead atoms. The van der Waals surface area contributed by atoms with Gasteiger partial charge in [0.25, 0.3) is 0 Å². The molecule has 3 aromatic carbocycles. The van der Waals surface area contributed by atoms with E-state index in [-0.39, 0.29) is 11.9 Å². The van der Waals surface area contributed by atoms with Crippen LogP contribution in [0.3, 0.4) is 0 Å². The normalized spacial score (nSPS) is 10.7. The van der Waals surface area contributed by atoms with Crippen molar-refractivity contribution in [1.82, 2.24) is 0 Å². The van der Waals surface area contributed by atoms with Crippen LogP contribution < -0.4 is 19.4 Å². The van der Waals surface area contributed by atoms with Gasteiger partial charge in [-0.3, -0.25) is 4.79 Å². The molecule has 5 heteroatoms. The first-order valence-electron chi connectivity index (χ1n) is 10.3. The first-order valence-corrected chi connectivity index (χ1v) is 10.3. The quantitative estimate of drug-likeness (QED) is 0.544. The summed E-state index contributed by atoms with van der Waals surface area (Å²) in [7, 11) is 9.72. The lowest BCUT2D eigenvalue weighted by atomic mass is 9.95. The van der Waals surface area contributed by atoms with Crippen molar-refractivity contribution in [3.05, 3.63) is 83.9 Å². The largest absolute Gasteiger partial charge is 0.497 e. The average Bonchev–Trinajstić information content (AvgIpc) is 2.77. The standard InChI is InChI=1S/C26H31N3O2/c1-19(30)29(24-15-17-25(31-6)18-16-24)26(20-7-11-22(12-8-20)27(2)3)21-9-13-23(14-10-21)28(4)5/h7-18,26H,1-6H3. The number of amides is 1. The molecule has 0 unspecified atom stereocenters. The number of hydrogen-bond donors (Lipinski definition) is 0. The van der Waals surface area contributed by atoms with E-state index in [4.69, 9.17) is 4.74 Å². The number of nitrogens with zero attached hydrogens (tertiary/aromatic N) is 3. The molecule has 0 atom stereocenters. The van der Waals surface area contributed by atoms with E-state index in [1.165, 1.54) is 0 Å². The first-order chi connectivity index (χ1) is 14.8. The highest BCUT2D eigenvalue weighted by atomic mass is 16.5. The van der Waals surface area contributed by atoms with Gasteiger partial charge in [-0.05, 0) is 59.7 Å². The van der Waals surface area contributed by atoms with Crippen molar-refractivity contribution in [2.75, 3.05) is 50.0 Å². The summed E-state index contributed by atoms with van der Waals surface area (Å²) in [4.78, 5) is 18.9. The zero-order valence-corrected chi connectivity index (χ0v) is 19.2. The Morgan fingerprint density at radius 3 is 1.39 bits per heavy atom. The van der Waals surface area contributed by atoms with E-state index in [2.05, 4.69) is 58.3 Å². The maximum atomic E-state index is 12.9. The minimum absolute atomic E-state index is 0.0245. The van der Waals surface area contributed by atoms with Crippen molar-refractivity contribution in [2.45, 2.75) is 13.0 Å². The molecule has 0 heterocycles. The lowest BCUT2D eigenvalue weighted by Gasteiger charge is -2.32. The molecule has 0 aromatic heterocycles. The smallest absolute Gasteiger partial charge is 0.224 e. The molecule has 0 aliphatic carbocycles.